The summed E-state index contributed by atoms with van der Waals surface area (Å²) in [5.41, 5.74) is 1.78. The van der Waals surface area contributed by atoms with Crippen molar-refractivity contribution < 1.29 is 15.0 Å². The maximum absolute atomic E-state index is 10.2. The number of benzene rings is 1. The van der Waals surface area contributed by atoms with Crippen molar-refractivity contribution in [3.8, 4) is 0 Å². The van der Waals surface area contributed by atoms with Crippen LogP contribution < -0.4 is 0 Å². The fourth-order valence-electron chi connectivity index (χ4n) is 1.03. The standard InChI is InChI=1S/C11H12O3/c12-8-10-6-4-9(5-7-10)2-1-3-11(13)14/h1-2,4-7,12H,3,8H2,(H,13,14). The third-order valence-corrected chi connectivity index (χ3v) is 1.77. The van der Waals surface area contributed by atoms with Crippen LogP contribution in [-0.2, 0) is 11.4 Å². The van der Waals surface area contributed by atoms with Gasteiger partial charge in [0.25, 0.3) is 0 Å². The Hall–Kier alpha value is -1.61. The first kappa shape index (κ1) is 10.5. The number of hydrogen-bond acceptors (Lipinski definition) is 2. The molecule has 0 radical (unpaired) electrons. The van der Waals surface area contributed by atoms with E-state index in [0.29, 0.717) is 0 Å². The van der Waals surface area contributed by atoms with Gasteiger partial charge in [0.1, 0.15) is 0 Å². The van der Waals surface area contributed by atoms with E-state index < -0.39 is 5.97 Å². The van der Waals surface area contributed by atoms with Crippen molar-refractivity contribution in [1.82, 2.24) is 0 Å². The lowest BCUT2D eigenvalue weighted by Gasteiger charge is -1.96. The van der Waals surface area contributed by atoms with Crippen molar-refractivity contribution in [2.45, 2.75) is 13.0 Å². The van der Waals surface area contributed by atoms with Gasteiger partial charge < -0.3 is 10.2 Å². The normalized spacial score (nSPS) is 10.6. The quantitative estimate of drug-likeness (QED) is 0.762. The van der Waals surface area contributed by atoms with Crippen LogP contribution in [-0.4, -0.2) is 16.2 Å². The smallest absolute Gasteiger partial charge is 0.307 e. The van der Waals surface area contributed by atoms with Crippen LogP contribution in [0.2, 0.25) is 0 Å². The Labute approximate surface area is 82.3 Å². The lowest BCUT2D eigenvalue weighted by molar-refractivity contribution is -0.135. The third-order valence-electron chi connectivity index (χ3n) is 1.77. The van der Waals surface area contributed by atoms with E-state index in [2.05, 4.69) is 0 Å². The van der Waals surface area contributed by atoms with Gasteiger partial charge in [0.05, 0.1) is 13.0 Å². The molecular formula is C11H12O3. The Morgan fingerprint density at radius 2 is 1.93 bits per heavy atom. The number of aliphatic carboxylic acids is 1. The van der Waals surface area contributed by atoms with E-state index in [-0.39, 0.29) is 13.0 Å². The molecule has 0 atom stereocenters. The van der Waals surface area contributed by atoms with Gasteiger partial charge in [-0.05, 0) is 11.1 Å². The second kappa shape index (κ2) is 5.19. The van der Waals surface area contributed by atoms with Crippen LogP contribution in [0, 0.1) is 0 Å². The van der Waals surface area contributed by atoms with E-state index in [0.717, 1.165) is 11.1 Å². The van der Waals surface area contributed by atoms with Gasteiger partial charge >= 0.3 is 5.97 Å². The summed E-state index contributed by atoms with van der Waals surface area (Å²) in [5, 5.41) is 17.2. The van der Waals surface area contributed by atoms with E-state index in [1.807, 2.05) is 12.1 Å². The summed E-state index contributed by atoms with van der Waals surface area (Å²) >= 11 is 0. The molecule has 0 heterocycles. The second-order valence-electron chi connectivity index (χ2n) is 2.90. The van der Waals surface area contributed by atoms with Gasteiger partial charge in [0.2, 0.25) is 0 Å². The average Bonchev–Trinajstić information content (AvgIpc) is 2.18. The minimum atomic E-state index is -0.840. The van der Waals surface area contributed by atoms with Crippen LogP contribution in [0.25, 0.3) is 6.08 Å². The number of aliphatic hydroxyl groups is 1. The zero-order valence-electron chi connectivity index (χ0n) is 7.68. The lowest BCUT2D eigenvalue weighted by atomic mass is 10.1. The molecule has 3 heteroatoms. The van der Waals surface area contributed by atoms with Crippen LogP contribution in [0.3, 0.4) is 0 Å². The van der Waals surface area contributed by atoms with Gasteiger partial charge in [-0.1, -0.05) is 36.4 Å². The van der Waals surface area contributed by atoms with Gasteiger partial charge in [-0.3, -0.25) is 4.79 Å². The van der Waals surface area contributed by atoms with E-state index in [1.165, 1.54) is 0 Å². The fraction of sp³-hybridized carbons (Fsp3) is 0.182. The van der Waals surface area contributed by atoms with Gasteiger partial charge in [-0.25, -0.2) is 0 Å². The summed E-state index contributed by atoms with van der Waals surface area (Å²) in [7, 11) is 0. The molecule has 0 aliphatic rings. The van der Waals surface area contributed by atoms with E-state index in [1.54, 1.807) is 24.3 Å². The molecule has 0 saturated heterocycles. The maximum atomic E-state index is 10.2. The van der Waals surface area contributed by atoms with Crippen LogP contribution >= 0.6 is 0 Å². The largest absolute Gasteiger partial charge is 0.481 e. The maximum Gasteiger partial charge on any atom is 0.307 e. The number of carbonyl (C=O) groups is 1. The van der Waals surface area contributed by atoms with Crippen LogP contribution in [0.15, 0.2) is 30.3 Å². The molecule has 14 heavy (non-hydrogen) atoms. The first-order valence-corrected chi connectivity index (χ1v) is 4.30. The first-order chi connectivity index (χ1) is 6.72. The molecular weight excluding hydrogens is 180 g/mol. The average molecular weight is 192 g/mol. The number of carboxylic acids is 1. The third kappa shape index (κ3) is 3.41. The summed E-state index contributed by atoms with van der Waals surface area (Å²) in [4.78, 5) is 10.2. The Bertz CT molecular complexity index is 325. The Morgan fingerprint density at radius 3 is 2.43 bits per heavy atom. The zero-order chi connectivity index (χ0) is 10.4. The van der Waals surface area contributed by atoms with Crippen molar-refractivity contribution in [3.63, 3.8) is 0 Å². The minimum Gasteiger partial charge on any atom is -0.481 e. The molecule has 1 rings (SSSR count). The Balaban J connectivity index is 2.59. The molecule has 1 aromatic carbocycles. The highest BCUT2D eigenvalue weighted by Gasteiger charge is 1.91. The van der Waals surface area contributed by atoms with Gasteiger partial charge in [0.15, 0.2) is 0 Å². The van der Waals surface area contributed by atoms with E-state index >= 15 is 0 Å². The molecule has 0 unspecified atom stereocenters. The monoisotopic (exact) mass is 192 g/mol. The van der Waals surface area contributed by atoms with Crippen LogP contribution in [0.4, 0.5) is 0 Å². The zero-order valence-corrected chi connectivity index (χ0v) is 7.68. The SMILES string of the molecule is O=C(O)CC=Cc1ccc(CO)cc1. The van der Waals surface area contributed by atoms with Gasteiger partial charge in [0, 0.05) is 0 Å². The summed E-state index contributed by atoms with van der Waals surface area (Å²) < 4.78 is 0. The predicted molar refractivity (Wildman–Crippen MR) is 53.7 cm³/mol. The Kier molecular flexibility index (Phi) is 3.88. The second-order valence-corrected chi connectivity index (χ2v) is 2.90. The van der Waals surface area contributed by atoms with Gasteiger partial charge in [-0.15, -0.1) is 0 Å². The van der Waals surface area contributed by atoms with Crippen molar-refractivity contribution in [2.75, 3.05) is 0 Å². The molecule has 0 aliphatic heterocycles. The topological polar surface area (TPSA) is 57.5 Å². The van der Waals surface area contributed by atoms with Crippen molar-refractivity contribution in [2.24, 2.45) is 0 Å². The summed E-state index contributed by atoms with van der Waals surface area (Å²) in [6.45, 7) is 0.0269. The Morgan fingerprint density at radius 1 is 1.29 bits per heavy atom. The highest BCUT2D eigenvalue weighted by Crippen LogP contribution is 2.06. The number of rotatable bonds is 4. The van der Waals surface area contributed by atoms with E-state index in [9.17, 15) is 4.79 Å². The minimum absolute atomic E-state index is 0.0269. The highest BCUT2D eigenvalue weighted by atomic mass is 16.4. The fourth-order valence-corrected chi connectivity index (χ4v) is 1.03. The number of hydrogen-bond donors (Lipinski definition) is 2. The van der Waals surface area contributed by atoms with Gasteiger partial charge in [-0.2, -0.15) is 0 Å². The highest BCUT2D eigenvalue weighted by molar-refractivity contribution is 5.70. The lowest BCUT2D eigenvalue weighted by Crippen LogP contribution is -1.89. The number of carboxylic acid groups (broad SMARTS) is 1. The molecule has 3 nitrogen and oxygen atoms in total. The molecule has 0 spiro atoms. The van der Waals surface area contributed by atoms with Crippen LogP contribution in [0.5, 0.6) is 0 Å². The predicted octanol–water partition coefficient (Wildman–Crippen LogP) is 1.67. The summed E-state index contributed by atoms with van der Waals surface area (Å²) in [5.74, 6) is -0.840. The molecule has 2 N–H and O–H groups in total. The van der Waals surface area contributed by atoms with Crippen LogP contribution in [0.1, 0.15) is 17.5 Å². The molecule has 0 amide bonds. The molecule has 74 valence electrons. The number of aliphatic hydroxyl groups excluding tert-OH is 1. The summed E-state index contributed by atoms with van der Waals surface area (Å²) in [6, 6.07) is 7.29. The van der Waals surface area contributed by atoms with E-state index in [4.69, 9.17) is 10.2 Å². The molecule has 0 aromatic heterocycles. The van der Waals surface area contributed by atoms with Crippen molar-refractivity contribution in [3.05, 3.63) is 41.5 Å². The molecule has 0 saturated carbocycles. The molecule has 0 aliphatic carbocycles. The molecule has 0 fully saturated rings. The molecule has 1 aromatic rings. The summed E-state index contributed by atoms with van der Waals surface area (Å²) in [6.07, 6.45) is 3.37. The first-order valence-electron chi connectivity index (χ1n) is 4.30. The van der Waals surface area contributed by atoms with Crippen molar-refractivity contribution >= 4 is 12.0 Å². The van der Waals surface area contributed by atoms with Crippen molar-refractivity contribution in [1.29, 1.82) is 0 Å². The molecule has 0 bridgehead atoms.